The molecule has 0 saturated carbocycles. The van der Waals surface area contributed by atoms with Crippen molar-refractivity contribution in [2.75, 3.05) is 18.0 Å². The van der Waals surface area contributed by atoms with Gasteiger partial charge >= 0.3 is 5.97 Å². The molecular weight excluding hydrogens is 377 g/mol. The number of hydrogen-bond acceptors (Lipinski definition) is 6. The van der Waals surface area contributed by atoms with Gasteiger partial charge in [0, 0.05) is 13.1 Å². The molecule has 2 amide bonds. The van der Waals surface area contributed by atoms with Crippen LogP contribution < -0.4 is 4.90 Å². The standard InChI is InChI=1S/C21H16FN3O4/c22-17-11-13(12-23)5-6-18(17)24-9-7-14(8-10-24)21(28)29-25-19(26)15-3-1-2-4-16(15)20(25)27/h1-6,11,14H,7-10H2. The van der Waals surface area contributed by atoms with Crippen LogP contribution in [-0.4, -0.2) is 35.9 Å². The van der Waals surface area contributed by atoms with Crippen LogP contribution in [0.3, 0.4) is 0 Å². The average molecular weight is 393 g/mol. The third-order valence-electron chi connectivity index (χ3n) is 5.18. The molecule has 0 N–H and O–H groups in total. The van der Waals surface area contributed by atoms with E-state index in [9.17, 15) is 18.8 Å². The number of rotatable bonds is 3. The van der Waals surface area contributed by atoms with Gasteiger partial charge in [-0.05, 0) is 43.2 Å². The number of nitrogens with zero attached hydrogens (tertiary/aromatic N) is 3. The van der Waals surface area contributed by atoms with Crippen molar-refractivity contribution in [1.29, 1.82) is 5.26 Å². The SMILES string of the molecule is N#Cc1ccc(N2CCC(C(=O)ON3C(=O)c4ccccc4C3=O)CC2)c(F)c1. The zero-order valence-electron chi connectivity index (χ0n) is 15.3. The molecule has 0 bridgehead atoms. The predicted octanol–water partition coefficient (Wildman–Crippen LogP) is 2.67. The number of benzene rings is 2. The number of anilines is 1. The van der Waals surface area contributed by atoms with E-state index in [1.807, 2.05) is 6.07 Å². The summed E-state index contributed by atoms with van der Waals surface area (Å²) >= 11 is 0. The van der Waals surface area contributed by atoms with Gasteiger partial charge in [0.05, 0.1) is 34.4 Å². The van der Waals surface area contributed by atoms with Crippen LogP contribution in [0.15, 0.2) is 42.5 Å². The summed E-state index contributed by atoms with van der Waals surface area (Å²) in [4.78, 5) is 44.0. The predicted molar refractivity (Wildman–Crippen MR) is 99.1 cm³/mol. The zero-order chi connectivity index (χ0) is 20.5. The van der Waals surface area contributed by atoms with E-state index in [1.165, 1.54) is 18.2 Å². The Bertz CT molecular complexity index is 1020. The fourth-order valence-corrected chi connectivity index (χ4v) is 3.60. The van der Waals surface area contributed by atoms with Crippen molar-refractivity contribution in [3.8, 4) is 6.07 Å². The van der Waals surface area contributed by atoms with E-state index in [2.05, 4.69) is 0 Å². The molecule has 1 saturated heterocycles. The Kier molecular flexibility index (Phi) is 4.72. The van der Waals surface area contributed by atoms with Gasteiger partial charge in [0.15, 0.2) is 0 Å². The van der Waals surface area contributed by atoms with Crippen LogP contribution in [0, 0.1) is 23.1 Å². The number of hydrogen-bond donors (Lipinski definition) is 0. The first-order valence-corrected chi connectivity index (χ1v) is 9.14. The van der Waals surface area contributed by atoms with Crippen molar-refractivity contribution >= 4 is 23.5 Å². The van der Waals surface area contributed by atoms with Gasteiger partial charge in [-0.3, -0.25) is 9.59 Å². The molecule has 146 valence electrons. The lowest BCUT2D eigenvalue weighted by atomic mass is 9.96. The van der Waals surface area contributed by atoms with E-state index in [1.54, 1.807) is 29.2 Å². The van der Waals surface area contributed by atoms with Crippen molar-refractivity contribution in [2.45, 2.75) is 12.8 Å². The Morgan fingerprint density at radius 2 is 1.69 bits per heavy atom. The van der Waals surface area contributed by atoms with Crippen LogP contribution in [-0.2, 0) is 9.63 Å². The summed E-state index contributed by atoms with van der Waals surface area (Å²) in [6.07, 6.45) is 0.781. The Morgan fingerprint density at radius 3 is 2.24 bits per heavy atom. The second-order valence-electron chi connectivity index (χ2n) is 6.90. The first kappa shape index (κ1) is 18.6. The van der Waals surface area contributed by atoms with Gasteiger partial charge in [0.1, 0.15) is 5.82 Å². The highest BCUT2D eigenvalue weighted by Crippen LogP contribution is 2.28. The first-order chi connectivity index (χ1) is 14.0. The summed E-state index contributed by atoms with van der Waals surface area (Å²) < 4.78 is 14.2. The molecule has 0 unspecified atom stereocenters. The van der Waals surface area contributed by atoms with Gasteiger partial charge in [-0.25, -0.2) is 9.18 Å². The minimum Gasteiger partial charge on any atom is -0.369 e. The minimum atomic E-state index is -0.656. The molecule has 0 atom stereocenters. The van der Waals surface area contributed by atoms with E-state index in [0.29, 0.717) is 36.7 Å². The third kappa shape index (κ3) is 3.31. The largest absolute Gasteiger partial charge is 0.369 e. The monoisotopic (exact) mass is 393 g/mol. The molecule has 0 spiro atoms. The van der Waals surface area contributed by atoms with Gasteiger partial charge < -0.3 is 9.74 Å². The van der Waals surface area contributed by atoms with Gasteiger partial charge in [-0.2, -0.15) is 5.26 Å². The van der Waals surface area contributed by atoms with E-state index >= 15 is 0 Å². The maximum absolute atomic E-state index is 14.2. The van der Waals surface area contributed by atoms with Crippen LogP contribution in [0.1, 0.15) is 39.1 Å². The van der Waals surface area contributed by atoms with Crippen molar-refractivity contribution < 1.29 is 23.6 Å². The van der Waals surface area contributed by atoms with E-state index in [0.717, 1.165) is 0 Å². The molecular formula is C21H16FN3O4. The number of carbonyl (C=O) groups excluding carboxylic acids is 3. The second kappa shape index (κ2) is 7.36. The number of halogens is 1. The quantitative estimate of drug-likeness (QED) is 0.745. The smallest absolute Gasteiger partial charge is 0.336 e. The molecule has 7 nitrogen and oxygen atoms in total. The van der Waals surface area contributed by atoms with E-state index in [4.69, 9.17) is 10.1 Å². The number of hydroxylamine groups is 2. The van der Waals surface area contributed by atoms with Crippen LogP contribution in [0.4, 0.5) is 10.1 Å². The maximum Gasteiger partial charge on any atom is 0.336 e. The van der Waals surface area contributed by atoms with Crippen LogP contribution in [0.5, 0.6) is 0 Å². The summed E-state index contributed by atoms with van der Waals surface area (Å²) in [6, 6.07) is 12.4. The molecule has 8 heteroatoms. The number of piperidine rings is 1. The van der Waals surface area contributed by atoms with Gasteiger partial charge in [-0.15, -0.1) is 0 Å². The van der Waals surface area contributed by atoms with Crippen molar-refractivity contribution in [3.63, 3.8) is 0 Å². The molecule has 2 aliphatic heterocycles. The van der Waals surface area contributed by atoms with E-state index in [-0.39, 0.29) is 16.7 Å². The average Bonchev–Trinajstić information content (AvgIpc) is 2.99. The highest BCUT2D eigenvalue weighted by molar-refractivity contribution is 6.20. The second-order valence-corrected chi connectivity index (χ2v) is 6.90. The molecule has 0 aromatic heterocycles. The number of nitriles is 1. The molecule has 2 aliphatic rings. The summed E-state index contributed by atoms with van der Waals surface area (Å²) in [5, 5.41) is 9.35. The van der Waals surface area contributed by atoms with Crippen molar-refractivity contribution in [1.82, 2.24) is 5.06 Å². The van der Waals surface area contributed by atoms with Gasteiger partial charge in [0.2, 0.25) is 0 Å². The number of carbonyl (C=O) groups is 3. The molecule has 0 radical (unpaired) electrons. The maximum atomic E-state index is 14.2. The Morgan fingerprint density at radius 1 is 1.07 bits per heavy atom. The van der Waals surface area contributed by atoms with Crippen molar-refractivity contribution in [3.05, 3.63) is 65.0 Å². The molecule has 29 heavy (non-hydrogen) atoms. The fourth-order valence-electron chi connectivity index (χ4n) is 3.60. The Balaban J connectivity index is 1.38. The number of imide groups is 1. The molecule has 1 fully saturated rings. The normalized spacial score (nSPS) is 16.6. The lowest BCUT2D eigenvalue weighted by Gasteiger charge is -2.33. The topological polar surface area (TPSA) is 90.7 Å². The molecule has 0 aliphatic carbocycles. The number of fused-ring (bicyclic) bond motifs is 1. The lowest BCUT2D eigenvalue weighted by Crippen LogP contribution is -2.40. The summed E-state index contributed by atoms with van der Waals surface area (Å²) in [5.74, 6) is -2.96. The van der Waals surface area contributed by atoms with Gasteiger partial charge in [-0.1, -0.05) is 17.2 Å². The lowest BCUT2D eigenvalue weighted by molar-refractivity contribution is -0.174. The summed E-state index contributed by atoms with van der Waals surface area (Å²) in [6.45, 7) is 0.815. The van der Waals surface area contributed by atoms with Gasteiger partial charge in [0.25, 0.3) is 11.8 Å². The van der Waals surface area contributed by atoms with Crippen molar-refractivity contribution in [2.24, 2.45) is 5.92 Å². The molecule has 2 heterocycles. The molecule has 4 rings (SSSR count). The van der Waals surface area contributed by atoms with Crippen LogP contribution in [0.25, 0.3) is 0 Å². The summed E-state index contributed by atoms with van der Waals surface area (Å²) in [5.41, 5.74) is 1.02. The zero-order valence-corrected chi connectivity index (χ0v) is 15.3. The summed E-state index contributed by atoms with van der Waals surface area (Å²) in [7, 11) is 0. The molecule has 2 aromatic rings. The molecule has 2 aromatic carbocycles. The Hall–Kier alpha value is -3.73. The number of amides is 2. The van der Waals surface area contributed by atoms with Crippen LogP contribution in [0.2, 0.25) is 0 Å². The van der Waals surface area contributed by atoms with E-state index < -0.39 is 29.5 Å². The fraction of sp³-hybridized carbons (Fsp3) is 0.238. The first-order valence-electron chi connectivity index (χ1n) is 9.14. The minimum absolute atomic E-state index is 0.205. The third-order valence-corrected chi connectivity index (χ3v) is 5.18. The van der Waals surface area contributed by atoms with Crippen LogP contribution >= 0.6 is 0 Å². The highest BCUT2D eigenvalue weighted by atomic mass is 19.1. The Labute approximate surface area is 165 Å². The highest BCUT2D eigenvalue weighted by Gasteiger charge is 2.40.